The van der Waals surface area contributed by atoms with E-state index in [0.29, 0.717) is 17.0 Å². The van der Waals surface area contributed by atoms with Gasteiger partial charge in [0, 0.05) is 24.1 Å². The Bertz CT molecular complexity index is 1130. The molecule has 5 N–H and O–H groups in total. The first kappa shape index (κ1) is 19.0. The quantitative estimate of drug-likeness (QED) is 0.584. The highest BCUT2D eigenvalue weighted by Gasteiger charge is 2.27. The number of primary amides is 1. The largest absolute Gasteiger partial charge is 0.421 e. The topological polar surface area (TPSA) is 141 Å². The molecule has 0 saturated carbocycles. The van der Waals surface area contributed by atoms with E-state index in [1.54, 1.807) is 31.2 Å². The van der Waals surface area contributed by atoms with E-state index in [1.807, 2.05) is 0 Å². The number of nitrogens with two attached hydrogens (primary N) is 2. The highest BCUT2D eigenvalue weighted by Crippen LogP contribution is 2.25. The van der Waals surface area contributed by atoms with Crippen molar-refractivity contribution < 1.29 is 18.7 Å². The SMILES string of the molecule is Cc1nnc([C@](C)(O)C#Cc2cccc(-c3nc(C(N)=O)c(N)cc3F)c2)o1. The van der Waals surface area contributed by atoms with Crippen molar-refractivity contribution in [1.29, 1.82) is 0 Å². The highest BCUT2D eigenvalue weighted by molar-refractivity contribution is 5.96. The number of anilines is 1. The molecule has 142 valence electrons. The third kappa shape index (κ3) is 3.82. The normalized spacial score (nSPS) is 12.7. The van der Waals surface area contributed by atoms with Crippen LogP contribution in [0.25, 0.3) is 11.3 Å². The predicted molar refractivity (Wildman–Crippen MR) is 98.0 cm³/mol. The molecule has 0 aliphatic rings. The minimum Gasteiger partial charge on any atom is -0.421 e. The number of benzene rings is 1. The monoisotopic (exact) mass is 381 g/mol. The summed E-state index contributed by atoms with van der Waals surface area (Å²) in [6, 6.07) is 7.43. The molecule has 9 heteroatoms. The molecule has 0 saturated heterocycles. The fraction of sp³-hybridized carbons (Fsp3) is 0.158. The Labute approximate surface area is 159 Å². The van der Waals surface area contributed by atoms with Crippen LogP contribution in [0.5, 0.6) is 0 Å². The molecule has 0 aliphatic heterocycles. The third-order valence-corrected chi connectivity index (χ3v) is 3.77. The summed E-state index contributed by atoms with van der Waals surface area (Å²) in [4.78, 5) is 15.4. The van der Waals surface area contributed by atoms with Crippen LogP contribution in [0.3, 0.4) is 0 Å². The Morgan fingerprint density at radius 2 is 2.07 bits per heavy atom. The molecule has 3 aromatic rings. The van der Waals surface area contributed by atoms with Crippen molar-refractivity contribution in [3.05, 3.63) is 59.2 Å². The first-order valence-corrected chi connectivity index (χ1v) is 8.10. The van der Waals surface area contributed by atoms with Gasteiger partial charge in [-0.3, -0.25) is 4.79 Å². The second-order valence-electron chi connectivity index (χ2n) is 6.15. The van der Waals surface area contributed by atoms with E-state index in [4.69, 9.17) is 15.9 Å². The van der Waals surface area contributed by atoms with Crippen LogP contribution in [0, 0.1) is 24.6 Å². The van der Waals surface area contributed by atoms with Crippen LogP contribution in [-0.2, 0) is 5.60 Å². The molecule has 0 unspecified atom stereocenters. The van der Waals surface area contributed by atoms with Crippen molar-refractivity contribution in [2.24, 2.45) is 5.73 Å². The summed E-state index contributed by atoms with van der Waals surface area (Å²) in [6.07, 6.45) is 0. The van der Waals surface area contributed by atoms with Gasteiger partial charge in [0.1, 0.15) is 5.69 Å². The van der Waals surface area contributed by atoms with Crippen LogP contribution >= 0.6 is 0 Å². The van der Waals surface area contributed by atoms with Crippen LogP contribution in [0.2, 0.25) is 0 Å². The standard InChI is InChI=1S/C19H16FN5O3/c1-10-24-25-18(28-10)19(2,27)7-6-11-4-3-5-12(8-11)15-13(20)9-14(21)16(23-15)17(22)26/h3-5,8-9,27H,21H2,1-2H3,(H2,22,26)/t19-/m1/s1. The average molecular weight is 381 g/mol. The van der Waals surface area contributed by atoms with Gasteiger partial charge in [0.2, 0.25) is 11.5 Å². The molecular formula is C19H16FN5O3. The zero-order valence-corrected chi connectivity index (χ0v) is 15.0. The number of amides is 1. The summed E-state index contributed by atoms with van der Waals surface area (Å²) in [5.74, 6) is 4.11. The van der Waals surface area contributed by atoms with E-state index in [0.717, 1.165) is 6.07 Å². The Morgan fingerprint density at radius 1 is 1.32 bits per heavy atom. The number of carbonyl (C=O) groups excluding carboxylic acids is 1. The maximum absolute atomic E-state index is 14.3. The fourth-order valence-corrected chi connectivity index (χ4v) is 2.39. The molecule has 2 heterocycles. The summed E-state index contributed by atoms with van der Waals surface area (Å²) >= 11 is 0. The van der Waals surface area contributed by atoms with Crippen LogP contribution in [0.1, 0.15) is 34.8 Å². The Hall–Kier alpha value is -3.77. The lowest BCUT2D eigenvalue weighted by molar-refractivity contribution is 0.0881. The second-order valence-corrected chi connectivity index (χ2v) is 6.15. The molecule has 1 amide bonds. The van der Waals surface area contributed by atoms with Gasteiger partial charge in [-0.1, -0.05) is 24.0 Å². The van der Waals surface area contributed by atoms with E-state index in [9.17, 15) is 14.3 Å². The Balaban J connectivity index is 1.99. The summed E-state index contributed by atoms with van der Waals surface area (Å²) in [5.41, 5.74) is 9.51. The number of aryl methyl sites for hydroxylation is 1. The van der Waals surface area contributed by atoms with E-state index >= 15 is 0 Å². The van der Waals surface area contributed by atoms with Gasteiger partial charge >= 0.3 is 0 Å². The summed E-state index contributed by atoms with van der Waals surface area (Å²) < 4.78 is 19.5. The number of aromatic nitrogens is 3. The number of hydrogen-bond acceptors (Lipinski definition) is 7. The van der Waals surface area contributed by atoms with Crippen LogP contribution < -0.4 is 11.5 Å². The minimum atomic E-state index is -1.67. The van der Waals surface area contributed by atoms with Crippen LogP contribution in [0.4, 0.5) is 10.1 Å². The van der Waals surface area contributed by atoms with Crippen molar-refractivity contribution in [2.45, 2.75) is 19.4 Å². The molecule has 2 aromatic heterocycles. The average Bonchev–Trinajstić information content (AvgIpc) is 3.07. The first-order chi connectivity index (χ1) is 13.2. The molecule has 0 aliphatic carbocycles. The van der Waals surface area contributed by atoms with Crippen molar-refractivity contribution in [3.8, 4) is 23.1 Å². The number of rotatable bonds is 3. The van der Waals surface area contributed by atoms with E-state index < -0.39 is 17.3 Å². The number of pyridine rings is 1. The number of nitrogen functional groups attached to an aromatic ring is 1. The van der Waals surface area contributed by atoms with Crippen LogP contribution in [-0.4, -0.2) is 26.2 Å². The molecule has 0 bridgehead atoms. The summed E-state index contributed by atoms with van der Waals surface area (Å²) in [6.45, 7) is 3.01. The third-order valence-electron chi connectivity index (χ3n) is 3.77. The zero-order chi connectivity index (χ0) is 20.5. The van der Waals surface area contributed by atoms with Gasteiger partial charge in [0.05, 0.1) is 5.69 Å². The molecule has 0 radical (unpaired) electrons. The van der Waals surface area contributed by atoms with Crippen LogP contribution in [0.15, 0.2) is 34.7 Å². The van der Waals surface area contributed by atoms with Crippen molar-refractivity contribution in [2.75, 3.05) is 5.73 Å². The lowest BCUT2D eigenvalue weighted by atomic mass is 10.0. The molecule has 3 rings (SSSR count). The maximum Gasteiger partial charge on any atom is 0.269 e. The number of aliphatic hydroxyl groups is 1. The summed E-state index contributed by atoms with van der Waals surface area (Å²) in [5, 5.41) is 17.8. The highest BCUT2D eigenvalue weighted by atomic mass is 19.1. The fourth-order valence-electron chi connectivity index (χ4n) is 2.39. The smallest absolute Gasteiger partial charge is 0.269 e. The first-order valence-electron chi connectivity index (χ1n) is 8.10. The molecule has 28 heavy (non-hydrogen) atoms. The molecular weight excluding hydrogens is 365 g/mol. The van der Waals surface area contributed by atoms with Crippen molar-refractivity contribution >= 4 is 11.6 Å². The molecule has 1 atom stereocenters. The molecule has 1 aromatic carbocycles. The Kier molecular flexibility index (Phi) is 4.81. The predicted octanol–water partition coefficient (Wildman–Crippen LogP) is 1.52. The van der Waals surface area contributed by atoms with Gasteiger partial charge in [0.15, 0.2) is 11.5 Å². The minimum absolute atomic E-state index is 0.0361. The van der Waals surface area contributed by atoms with Gasteiger partial charge in [-0.15, -0.1) is 10.2 Å². The zero-order valence-electron chi connectivity index (χ0n) is 15.0. The number of nitrogens with zero attached hydrogens (tertiary/aromatic N) is 3. The van der Waals surface area contributed by atoms with E-state index in [-0.39, 0.29) is 23.0 Å². The van der Waals surface area contributed by atoms with Gasteiger partial charge in [-0.25, -0.2) is 9.37 Å². The second kappa shape index (κ2) is 7.09. The number of carbonyl (C=O) groups is 1. The van der Waals surface area contributed by atoms with E-state index in [2.05, 4.69) is 27.0 Å². The van der Waals surface area contributed by atoms with Gasteiger partial charge in [-0.2, -0.15) is 0 Å². The van der Waals surface area contributed by atoms with Gasteiger partial charge < -0.3 is 21.0 Å². The lowest BCUT2D eigenvalue weighted by Gasteiger charge is -2.10. The molecule has 0 fully saturated rings. The maximum atomic E-state index is 14.3. The molecule has 8 nitrogen and oxygen atoms in total. The summed E-state index contributed by atoms with van der Waals surface area (Å²) in [7, 11) is 0. The van der Waals surface area contributed by atoms with Gasteiger partial charge in [-0.05, 0) is 19.1 Å². The van der Waals surface area contributed by atoms with Gasteiger partial charge in [0.25, 0.3) is 11.8 Å². The van der Waals surface area contributed by atoms with E-state index in [1.165, 1.54) is 6.92 Å². The lowest BCUT2D eigenvalue weighted by Crippen LogP contribution is -2.19. The number of halogens is 1. The Morgan fingerprint density at radius 3 is 2.71 bits per heavy atom. The van der Waals surface area contributed by atoms with Crippen molar-refractivity contribution in [3.63, 3.8) is 0 Å². The van der Waals surface area contributed by atoms with Crippen molar-refractivity contribution in [1.82, 2.24) is 15.2 Å². The molecule has 0 spiro atoms. The number of hydrogen-bond donors (Lipinski definition) is 3.